The molecule has 0 spiro atoms. The molecule has 1 aromatic heterocycles. The lowest BCUT2D eigenvalue weighted by atomic mass is 10.2. The molecule has 84 valence electrons. The Morgan fingerprint density at radius 3 is 3.06 bits per heavy atom. The molecule has 16 heavy (non-hydrogen) atoms. The van der Waals surface area contributed by atoms with Crippen LogP contribution in [0.4, 0.5) is 4.39 Å². The third-order valence-electron chi connectivity index (χ3n) is 1.96. The zero-order valence-electron chi connectivity index (χ0n) is 8.50. The van der Waals surface area contributed by atoms with Crippen LogP contribution in [0.1, 0.15) is 5.82 Å². The fourth-order valence-electron chi connectivity index (χ4n) is 1.25. The van der Waals surface area contributed by atoms with E-state index in [4.69, 9.17) is 16.1 Å². The Balaban J connectivity index is 2.38. The zero-order chi connectivity index (χ0) is 11.5. The fraction of sp³-hybridized carbons (Fsp3) is 0.200. The number of rotatable bonds is 3. The van der Waals surface area contributed by atoms with Gasteiger partial charge in [0.2, 0.25) is 0 Å². The normalized spacial score (nSPS) is 10.7. The van der Waals surface area contributed by atoms with Crippen LogP contribution in [0, 0.1) is 5.82 Å². The summed E-state index contributed by atoms with van der Waals surface area (Å²) < 4.78 is 18.4. The van der Waals surface area contributed by atoms with E-state index in [1.165, 1.54) is 18.2 Å². The number of nitrogens with zero attached hydrogens (tertiary/aromatic N) is 2. The molecule has 0 amide bonds. The Bertz CT molecular complexity index is 501. The molecule has 0 saturated carbocycles. The predicted octanol–water partition coefficient (Wildman–Crippen LogP) is 2.25. The maximum absolute atomic E-state index is 13.4. The van der Waals surface area contributed by atoms with Crippen molar-refractivity contribution < 1.29 is 8.91 Å². The van der Waals surface area contributed by atoms with E-state index in [1.807, 2.05) is 0 Å². The molecule has 2 aromatic rings. The SMILES string of the molecule is CNCc1noc(-c2cc(Cl)ccc2F)n1. The van der Waals surface area contributed by atoms with Crippen LogP contribution < -0.4 is 5.32 Å². The maximum Gasteiger partial charge on any atom is 0.260 e. The van der Waals surface area contributed by atoms with Crippen LogP contribution in [0.15, 0.2) is 22.7 Å². The first kappa shape index (κ1) is 11.0. The third kappa shape index (κ3) is 2.20. The summed E-state index contributed by atoms with van der Waals surface area (Å²) in [6, 6.07) is 4.18. The van der Waals surface area contributed by atoms with Crippen LogP contribution >= 0.6 is 11.6 Å². The number of hydrogen-bond acceptors (Lipinski definition) is 4. The smallest absolute Gasteiger partial charge is 0.260 e. The summed E-state index contributed by atoms with van der Waals surface area (Å²) in [5, 5.41) is 6.99. The summed E-state index contributed by atoms with van der Waals surface area (Å²) in [6.07, 6.45) is 0. The first-order chi connectivity index (χ1) is 7.70. The lowest BCUT2D eigenvalue weighted by Gasteiger charge is -1.97. The number of halogens is 2. The lowest BCUT2D eigenvalue weighted by Crippen LogP contribution is -2.06. The van der Waals surface area contributed by atoms with Gasteiger partial charge in [-0.1, -0.05) is 16.8 Å². The second kappa shape index (κ2) is 4.59. The van der Waals surface area contributed by atoms with Gasteiger partial charge in [-0.3, -0.25) is 0 Å². The Labute approximate surface area is 96.4 Å². The standard InChI is InChI=1S/C10H9ClFN3O/c1-13-5-9-14-10(16-15-9)7-4-6(11)2-3-8(7)12/h2-4,13H,5H2,1H3. The van der Waals surface area contributed by atoms with Gasteiger partial charge in [0.1, 0.15) is 5.82 Å². The van der Waals surface area contributed by atoms with E-state index in [9.17, 15) is 4.39 Å². The molecule has 0 bridgehead atoms. The van der Waals surface area contributed by atoms with Gasteiger partial charge in [-0.25, -0.2) is 4.39 Å². The average Bonchev–Trinajstić information content (AvgIpc) is 2.71. The van der Waals surface area contributed by atoms with Crippen LogP contribution in [0.3, 0.4) is 0 Å². The molecule has 0 unspecified atom stereocenters. The molecule has 4 nitrogen and oxygen atoms in total. The van der Waals surface area contributed by atoms with Gasteiger partial charge in [0.15, 0.2) is 5.82 Å². The largest absolute Gasteiger partial charge is 0.334 e. The van der Waals surface area contributed by atoms with Gasteiger partial charge in [0.05, 0.1) is 12.1 Å². The second-order valence-electron chi connectivity index (χ2n) is 3.17. The summed E-state index contributed by atoms with van der Waals surface area (Å²) >= 11 is 5.77. The van der Waals surface area contributed by atoms with Crippen molar-refractivity contribution in [3.8, 4) is 11.5 Å². The van der Waals surface area contributed by atoms with E-state index < -0.39 is 5.82 Å². The molecular formula is C10H9ClFN3O. The topological polar surface area (TPSA) is 51.0 Å². The second-order valence-corrected chi connectivity index (χ2v) is 3.61. The molecule has 1 heterocycles. The van der Waals surface area contributed by atoms with E-state index in [0.29, 0.717) is 17.4 Å². The molecule has 1 N–H and O–H groups in total. The third-order valence-corrected chi connectivity index (χ3v) is 2.20. The van der Waals surface area contributed by atoms with Crippen LogP contribution in [0.25, 0.3) is 11.5 Å². The van der Waals surface area contributed by atoms with Crippen LogP contribution in [-0.2, 0) is 6.54 Å². The minimum absolute atomic E-state index is 0.130. The number of benzene rings is 1. The van der Waals surface area contributed by atoms with Gasteiger partial charge in [-0.05, 0) is 25.2 Å². The highest BCUT2D eigenvalue weighted by Gasteiger charge is 2.13. The van der Waals surface area contributed by atoms with Crippen molar-refractivity contribution >= 4 is 11.6 Å². The summed E-state index contributed by atoms with van der Waals surface area (Å²) in [6.45, 7) is 0.464. The molecule has 0 fully saturated rings. The minimum Gasteiger partial charge on any atom is -0.334 e. The summed E-state index contributed by atoms with van der Waals surface area (Å²) in [5.41, 5.74) is 0.211. The predicted molar refractivity (Wildman–Crippen MR) is 57.5 cm³/mol. The van der Waals surface area contributed by atoms with Crippen LogP contribution in [0.2, 0.25) is 5.02 Å². The number of nitrogens with one attached hydrogen (secondary N) is 1. The van der Waals surface area contributed by atoms with Crippen LogP contribution in [-0.4, -0.2) is 17.2 Å². The van der Waals surface area contributed by atoms with E-state index in [1.54, 1.807) is 7.05 Å². The molecule has 0 aliphatic carbocycles. The summed E-state index contributed by atoms with van der Waals surface area (Å²) in [5.74, 6) is 0.159. The highest BCUT2D eigenvalue weighted by Crippen LogP contribution is 2.24. The molecule has 0 aliphatic rings. The lowest BCUT2D eigenvalue weighted by molar-refractivity contribution is 0.418. The molecule has 0 saturated heterocycles. The van der Waals surface area contributed by atoms with Crippen molar-refractivity contribution in [1.29, 1.82) is 0 Å². The van der Waals surface area contributed by atoms with Crippen molar-refractivity contribution in [3.05, 3.63) is 34.9 Å². The number of aromatic nitrogens is 2. The maximum atomic E-state index is 13.4. The monoisotopic (exact) mass is 241 g/mol. The first-order valence-electron chi connectivity index (χ1n) is 4.63. The Morgan fingerprint density at radius 2 is 2.31 bits per heavy atom. The molecule has 6 heteroatoms. The minimum atomic E-state index is -0.441. The van der Waals surface area contributed by atoms with Crippen molar-refractivity contribution in [2.24, 2.45) is 0 Å². The molecule has 0 atom stereocenters. The van der Waals surface area contributed by atoms with Gasteiger partial charge in [-0.15, -0.1) is 0 Å². The van der Waals surface area contributed by atoms with Crippen LogP contribution in [0.5, 0.6) is 0 Å². The Kier molecular flexibility index (Phi) is 3.17. The molecule has 1 aromatic carbocycles. The Hall–Kier alpha value is -1.46. The van der Waals surface area contributed by atoms with Crippen molar-refractivity contribution in [3.63, 3.8) is 0 Å². The van der Waals surface area contributed by atoms with Gasteiger partial charge >= 0.3 is 0 Å². The molecular weight excluding hydrogens is 233 g/mol. The molecule has 2 rings (SSSR count). The quantitative estimate of drug-likeness (QED) is 0.896. The molecule has 0 aliphatic heterocycles. The zero-order valence-corrected chi connectivity index (χ0v) is 9.25. The molecule has 0 radical (unpaired) electrons. The van der Waals surface area contributed by atoms with Gasteiger partial charge in [-0.2, -0.15) is 4.98 Å². The van der Waals surface area contributed by atoms with Crippen molar-refractivity contribution in [1.82, 2.24) is 15.5 Å². The fourth-order valence-corrected chi connectivity index (χ4v) is 1.43. The Morgan fingerprint density at radius 1 is 1.50 bits per heavy atom. The summed E-state index contributed by atoms with van der Waals surface area (Å²) in [7, 11) is 1.76. The first-order valence-corrected chi connectivity index (χ1v) is 5.01. The van der Waals surface area contributed by atoms with Crippen molar-refractivity contribution in [2.45, 2.75) is 6.54 Å². The van der Waals surface area contributed by atoms with Gasteiger partial charge in [0.25, 0.3) is 5.89 Å². The van der Waals surface area contributed by atoms with E-state index >= 15 is 0 Å². The van der Waals surface area contributed by atoms with Crippen molar-refractivity contribution in [2.75, 3.05) is 7.05 Å². The number of hydrogen-bond donors (Lipinski definition) is 1. The average molecular weight is 242 g/mol. The van der Waals surface area contributed by atoms with E-state index in [2.05, 4.69) is 15.5 Å². The highest BCUT2D eigenvalue weighted by atomic mass is 35.5. The van der Waals surface area contributed by atoms with Gasteiger partial charge < -0.3 is 9.84 Å². The van der Waals surface area contributed by atoms with E-state index in [-0.39, 0.29) is 11.5 Å². The van der Waals surface area contributed by atoms with Gasteiger partial charge in [0, 0.05) is 5.02 Å². The van der Waals surface area contributed by atoms with E-state index in [0.717, 1.165) is 0 Å². The summed E-state index contributed by atoms with van der Waals surface area (Å²) in [4.78, 5) is 4.03. The highest BCUT2D eigenvalue weighted by molar-refractivity contribution is 6.30.